The number of aromatic nitrogens is 2. The second-order valence-electron chi connectivity index (χ2n) is 8.13. The fourth-order valence-corrected chi connectivity index (χ4v) is 3.93. The number of nitrogens with one attached hydrogen (secondary N) is 1. The molecule has 2 aliphatic heterocycles. The zero-order chi connectivity index (χ0) is 21.0. The molecule has 0 atom stereocenters. The molecule has 3 heterocycles. The van der Waals surface area contributed by atoms with E-state index in [0.29, 0.717) is 13.2 Å². The number of rotatable bonds is 5. The van der Waals surface area contributed by atoms with Gasteiger partial charge in [-0.15, -0.1) is 0 Å². The Morgan fingerprint density at radius 1 is 1.17 bits per heavy atom. The molecule has 4 rings (SSSR count). The fourth-order valence-electron chi connectivity index (χ4n) is 3.93. The first kappa shape index (κ1) is 20.3. The second-order valence-corrected chi connectivity index (χ2v) is 8.13. The lowest BCUT2D eigenvalue weighted by Gasteiger charge is -2.36. The molecule has 8 nitrogen and oxygen atoms in total. The minimum atomic E-state index is -0.172. The van der Waals surface area contributed by atoms with Crippen LogP contribution in [-0.2, 0) is 6.42 Å². The average Bonchev–Trinajstić information content (AvgIpc) is 3.09. The summed E-state index contributed by atoms with van der Waals surface area (Å²) in [5.41, 5.74) is 1.04. The van der Waals surface area contributed by atoms with Gasteiger partial charge in [0, 0.05) is 57.6 Å². The molecule has 160 valence electrons. The smallest absolute Gasteiger partial charge is 0.225 e. The van der Waals surface area contributed by atoms with Crippen LogP contribution in [0.5, 0.6) is 11.5 Å². The SMILES string of the molecule is CN=C(NCCOc1cccc2c1OC(C)(C)C2)N1CCN(c2ncccn2)CC1. The molecule has 0 saturated carbocycles. The van der Waals surface area contributed by atoms with E-state index in [1.165, 1.54) is 5.56 Å². The van der Waals surface area contributed by atoms with Gasteiger partial charge in [-0.1, -0.05) is 12.1 Å². The average molecular weight is 411 g/mol. The number of nitrogens with zero attached hydrogens (tertiary/aromatic N) is 5. The molecular formula is C22H30N6O2. The predicted molar refractivity (Wildman–Crippen MR) is 118 cm³/mol. The normalized spacial score (nSPS) is 18.0. The highest BCUT2D eigenvalue weighted by Gasteiger charge is 2.32. The third-order valence-corrected chi connectivity index (χ3v) is 5.32. The molecule has 30 heavy (non-hydrogen) atoms. The van der Waals surface area contributed by atoms with Crippen molar-refractivity contribution < 1.29 is 9.47 Å². The Kier molecular flexibility index (Phi) is 5.92. The highest BCUT2D eigenvalue weighted by molar-refractivity contribution is 5.80. The lowest BCUT2D eigenvalue weighted by Crippen LogP contribution is -2.53. The first-order chi connectivity index (χ1) is 14.6. The quantitative estimate of drug-likeness (QED) is 0.459. The predicted octanol–water partition coefficient (Wildman–Crippen LogP) is 1.97. The maximum Gasteiger partial charge on any atom is 0.225 e. The zero-order valence-electron chi connectivity index (χ0n) is 18.0. The maximum absolute atomic E-state index is 6.07. The van der Waals surface area contributed by atoms with Gasteiger partial charge in [-0.25, -0.2) is 9.97 Å². The summed E-state index contributed by atoms with van der Waals surface area (Å²) < 4.78 is 12.1. The summed E-state index contributed by atoms with van der Waals surface area (Å²) in [6.07, 6.45) is 4.47. The molecule has 2 aromatic rings. The van der Waals surface area contributed by atoms with E-state index in [2.05, 4.69) is 50.0 Å². The molecule has 0 unspecified atom stereocenters. The van der Waals surface area contributed by atoms with E-state index < -0.39 is 0 Å². The summed E-state index contributed by atoms with van der Waals surface area (Å²) >= 11 is 0. The van der Waals surface area contributed by atoms with Gasteiger partial charge >= 0.3 is 0 Å². The van der Waals surface area contributed by atoms with Crippen LogP contribution in [0.1, 0.15) is 19.4 Å². The molecule has 0 aliphatic carbocycles. The van der Waals surface area contributed by atoms with Gasteiger partial charge < -0.3 is 24.6 Å². The van der Waals surface area contributed by atoms with Crippen molar-refractivity contribution in [2.75, 3.05) is 51.3 Å². The van der Waals surface area contributed by atoms with Gasteiger partial charge in [0.1, 0.15) is 12.2 Å². The summed E-state index contributed by atoms with van der Waals surface area (Å²) in [5.74, 6) is 3.37. The van der Waals surface area contributed by atoms with E-state index in [-0.39, 0.29) is 5.60 Å². The maximum atomic E-state index is 6.07. The van der Waals surface area contributed by atoms with E-state index in [4.69, 9.17) is 9.47 Å². The Hall–Kier alpha value is -3.03. The van der Waals surface area contributed by atoms with Crippen molar-refractivity contribution in [1.29, 1.82) is 0 Å². The number of guanidine groups is 1. The molecule has 2 aliphatic rings. The van der Waals surface area contributed by atoms with Gasteiger partial charge in [-0.2, -0.15) is 0 Å². The number of anilines is 1. The van der Waals surface area contributed by atoms with E-state index in [0.717, 1.165) is 56.0 Å². The summed E-state index contributed by atoms with van der Waals surface area (Å²) in [7, 11) is 1.82. The monoisotopic (exact) mass is 410 g/mol. The highest BCUT2D eigenvalue weighted by atomic mass is 16.5. The first-order valence-corrected chi connectivity index (χ1v) is 10.5. The molecule has 0 spiro atoms. The van der Waals surface area contributed by atoms with Crippen LogP contribution < -0.4 is 19.7 Å². The Morgan fingerprint density at radius 3 is 2.67 bits per heavy atom. The Bertz CT molecular complexity index is 878. The van der Waals surface area contributed by atoms with Gasteiger partial charge in [-0.05, 0) is 26.0 Å². The van der Waals surface area contributed by atoms with Crippen LogP contribution >= 0.6 is 0 Å². The van der Waals surface area contributed by atoms with Gasteiger partial charge in [0.15, 0.2) is 17.5 Å². The minimum absolute atomic E-state index is 0.172. The van der Waals surface area contributed by atoms with Crippen molar-refractivity contribution >= 4 is 11.9 Å². The van der Waals surface area contributed by atoms with E-state index in [1.807, 2.05) is 25.2 Å². The number of hydrogen-bond donors (Lipinski definition) is 1. The molecule has 0 radical (unpaired) electrons. The molecule has 8 heteroatoms. The number of ether oxygens (including phenoxy) is 2. The molecule has 0 amide bonds. The lowest BCUT2D eigenvalue weighted by atomic mass is 10.0. The summed E-state index contributed by atoms with van der Waals surface area (Å²) in [5, 5.41) is 3.41. The van der Waals surface area contributed by atoms with Crippen LogP contribution in [0.15, 0.2) is 41.7 Å². The minimum Gasteiger partial charge on any atom is -0.488 e. The Labute approximate surface area is 177 Å². The van der Waals surface area contributed by atoms with Gasteiger partial charge in [0.25, 0.3) is 0 Å². The molecule has 1 aromatic heterocycles. The largest absolute Gasteiger partial charge is 0.488 e. The van der Waals surface area contributed by atoms with E-state index in [1.54, 1.807) is 12.4 Å². The van der Waals surface area contributed by atoms with Crippen molar-refractivity contribution in [3.8, 4) is 11.5 Å². The number of fused-ring (bicyclic) bond motifs is 1. The number of piperazine rings is 1. The van der Waals surface area contributed by atoms with Crippen LogP contribution in [0, 0.1) is 0 Å². The number of aliphatic imine (C=N–C) groups is 1. The lowest BCUT2D eigenvalue weighted by molar-refractivity contribution is 0.132. The van der Waals surface area contributed by atoms with Crippen LogP contribution in [0.25, 0.3) is 0 Å². The van der Waals surface area contributed by atoms with Crippen molar-refractivity contribution in [3.63, 3.8) is 0 Å². The van der Waals surface area contributed by atoms with Crippen LogP contribution in [-0.4, -0.2) is 72.8 Å². The van der Waals surface area contributed by atoms with Crippen LogP contribution in [0.2, 0.25) is 0 Å². The second kappa shape index (κ2) is 8.77. The molecule has 0 bridgehead atoms. The fraction of sp³-hybridized carbons (Fsp3) is 0.500. The molecule has 1 fully saturated rings. The molecule has 1 saturated heterocycles. The summed E-state index contributed by atoms with van der Waals surface area (Å²) in [6, 6.07) is 7.95. The van der Waals surface area contributed by atoms with Gasteiger partial charge in [-0.3, -0.25) is 4.99 Å². The Morgan fingerprint density at radius 2 is 1.93 bits per heavy atom. The van der Waals surface area contributed by atoms with Crippen molar-refractivity contribution in [2.45, 2.75) is 25.9 Å². The third kappa shape index (κ3) is 4.58. The molecule has 1 aromatic carbocycles. The topological polar surface area (TPSA) is 75.1 Å². The zero-order valence-corrected chi connectivity index (χ0v) is 18.0. The van der Waals surface area contributed by atoms with E-state index >= 15 is 0 Å². The standard InChI is InChI=1S/C22H30N6O2/c1-22(2)16-17-6-4-7-18(19(17)30-22)29-15-10-26-20(23-3)27-11-13-28(14-12-27)21-24-8-5-9-25-21/h4-9H,10-16H2,1-3H3,(H,23,26). The number of benzene rings is 1. The number of para-hydroxylation sites is 1. The molecular weight excluding hydrogens is 380 g/mol. The van der Waals surface area contributed by atoms with Gasteiger partial charge in [0.2, 0.25) is 5.95 Å². The van der Waals surface area contributed by atoms with Crippen LogP contribution in [0.4, 0.5) is 5.95 Å². The molecule has 1 N–H and O–H groups in total. The summed E-state index contributed by atoms with van der Waals surface area (Å²) in [6.45, 7) is 8.88. The first-order valence-electron chi connectivity index (χ1n) is 10.5. The van der Waals surface area contributed by atoms with Crippen molar-refractivity contribution in [2.24, 2.45) is 4.99 Å². The summed E-state index contributed by atoms with van der Waals surface area (Å²) in [4.78, 5) is 17.6. The van der Waals surface area contributed by atoms with Crippen molar-refractivity contribution in [3.05, 3.63) is 42.2 Å². The highest BCUT2D eigenvalue weighted by Crippen LogP contribution is 2.41. The Balaban J connectivity index is 1.24. The van der Waals surface area contributed by atoms with Crippen molar-refractivity contribution in [1.82, 2.24) is 20.2 Å². The third-order valence-electron chi connectivity index (χ3n) is 5.32. The van der Waals surface area contributed by atoms with E-state index in [9.17, 15) is 0 Å². The van der Waals surface area contributed by atoms with Crippen LogP contribution in [0.3, 0.4) is 0 Å². The number of hydrogen-bond acceptors (Lipinski definition) is 6. The van der Waals surface area contributed by atoms with Gasteiger partial charge in [0.05, 0.1) is 6.54 Å².